The number of allylic oxidation sites excluding steroid dienone is 2. The lowest BCUT2D eigenvalue weighted by atomic mass is 10.1. The molecule has 23 heavy (non-hydrogen) atoms. The average Bonchev–Trinajstić information content (AvgIpc) is 2.85. The highest BCUT2D eigenvalue weighted by Gasteiger charge is 2.31. The molecule has 0 aliphatic carbocycles. The first-order valence-electron chi connectivity index (χ1n) is 8.53. The molecule has 4 nitrogen and oxygen atoms in total. The number of nitrogens with zero attached hydrogens (tertiary/aromatic N) is 3. The summed E-state index contributed by atoms with van der Waals surface area (Å²) in [4.78, 5) is 10.3. The quantitative estimate of drug-likeness (QED) is 0.747. The molecule has 1 aromatic heterocycles. The zero-order valence-electron chi connectivity index (χ0n) is 14.5. The second-order valence-corrected chi connectivity index (χ2v) is 6.83. The van der Waals surface area contributed by atoms with E-state index in [1.807, 2.05) is 12.4 Å². The van der Waals surface area contributed by atoms with Crippen LogP contribution in [0.3, 0.4) is 0 Å². The number of hydrogen-bond acceptors (Lipinski definition) is 4. The monoisotopic (exact) mass is 320 g/mol. The maximum atomic E-state index is 13.8. The number of halogens is 1. The Bertz CT molecular complexity index is 487. The van der Waals surface area contributed by atoms with Gasteiger partial charge < -0.3 is 5.32 Å². The summed E-state index contributed by atoms with van der Waals surface area (Å²) in [5.41, 5.74) is 2.41. The van der Waals surface area contributed by atoms with Crippen LogP contribution in [-0.2, 0) is 6.54 Å². The molecule has 1 fully saturated rings. The lowest BCUT2D eigenvalue weighted by Gasteiger charge is -2.25. The smallest absolute Gasteiger partial charge is 0.115 e. The molecule has 1 saturated heterocycles. The van der Waals surface area contributed by atoms with E-state index in [2.05, 4.69) is 47.0 Å². The molecule has 0 aromatic carbocycles. The molecule has 1 aliphatic heterocycles. The Hall–Kier alpha value is -1.33. The Morgan fingerprint density at radius 1 is 1.43 bits per heavy atom. The minimum absolute atomic E-state index is 0.246. The topological polar surface area (TPSA) is 41.0 Å². The molecule has 3 atom stereocenters. The van der Waals surface area contributed by atoms with Crippen LogP contribution >= 0.6 is 0 Å². The number of aromatic nitrogens is 2. The summed E-state index contributed by atoms with van der Waals surface area (Å²) in [5, 5.41) is 3.57. The fraction of sp³-hybridized carbons (Fsp3) is 0.667. The van der Waals surface area contributed by atoms with Crippen LogP contribution < -0.4 is 5.32 Å². The zero-order valence-corrected chi connectivity index (χ0v) is 14.5. The van der Waals surface area contributed by atoms with Gasteiger partial charge in [0.1, 0.15) is 12.5 Å². The lowest BCUT2D eigenvalue weighted by Crippen LogP contribution is -2.40. The molecule has 5 heteroatoms. The summed E-state index contributed by atoms with van der Waals surface area (Å²) >= 11 is 0. The molecule has 1 N–H and O–H groups in total. The average molecular weight is 320 g/mol. The van der Waals surface area contributed by atoms with Crippen molar-refractivity contribution in [3.63, 3.8) is 0 Å². The lowest BCUT2D eigenvalue weighted by molar-refractivity contribution is 0.226. The van der Waals surface area contributed by atoms with Gasteiger partial charge in [0, 0.05) is 49.7 Å². The van der Waals surface area contributed by atoms with Crippen molar-refractivity contribution in [1.82, 2.24) is 20.2 Å². The summed E-state index contributed by atoms with van der Waals surface area (Å²) < 4.78 is 13.8. The van der Waals surface area contributed by atoms with Crippen molar-refractivity contribution in [3.8, 4) is 0 Å². The standard InChI is InChI=1S/C18H29FN4/c1-14(2)5-4-6-15(3)22-10-18-7-17(19)12-23(18)11-16-8-20-13-21-9-16/h5,8-9,13,15,17-18,22H,4,6-7,10-12H2,1-3H3/t15?,17-,18-/m0/s1. The molecule has 2 rings (SSSR count). The highest BCUT2D eigenvalue weighted by Crippen LogP contribution is 2.22. The second kappa shape index (κ2) is 9.08. The Balaban J connectivity index is 1.79. The van der Waals surface area contributed by atoms with Gasteiger partial charge >= 0.3 is 0 Å². The maximum absolute atomic E-state index is 13.8. The van der Waals surface area contributed by atoms with Gasteiger partial charge in [-0.15, -0.1) is 0 Å². The van der Waals surface area contributed by atoms with Crippen molar-refractivity contribution < 1.29 is 4.39 Å². The predicted molar refractivity (Wildman–Crippen MR) is 91.9 cm³/mol. The van der Waals surface area contributed by atoms with E-state index in [4.69, 9.17) is 0 Å². The molecule has 1 aromatic rings. The van der Waals surface area contributed by atoms with Gasteiger partial charge in [0.15, 0.2) is 0 Å². The minimum atomic E-state index is -0.729. The number of alkyl halides is 1. The molecule has 1 aliphatic rings. The van der Waals surface area contributed by atoms with E-state index in [-0.39, 0.29) is 6.04 Å². The van der Waals surface area contributed by atoms with E-state index < -0.39 is 6.17 Å². The Kier molecular flexibility index (Phi) is 7.12. The summed E-state index contributed by atoms with van der Waals surface area (Å²) in [7, 11) is 0. The molecular formula is C18H29FN4. The highest BCUT2D eigenvalue weighted by molar-refractivity contribution is 5.04. The molecular weight excluding hydrogens is 291 g/mol. The first-order valence-corrected chi connectivity index (χ1v) is 8.53. The van der Waals surface area contributed by atoms with E-state index in [1.165, 1.54) is 11.9 Å². The van der Waals surface area contributed by atoms with Gasteiger partial charge in [0.2, 0.25) is 0 Å². The van der Waals surface area contributed by atoms with Gasteiger partial charge in [-0.3, -0.25) is 4.90 Å². The molecule has 0 amide bonds. The van der Waals surface area contributed by atoms with Crippen LogP contribution in [-0.4, -0.2) is 46.2 Å². The molecule has 0 saturated carbocycles. The van der Waals surface area contributed by atoms with Crippen LogP contribution in [0.1, 0.15) is 45.6 Å². The second-order valence-electron chi connectivity index (χ2n) is 6.83. The van der Waals surface area contributed by atoms with Gasteiger partial charge in [-0.05, 0) is 40.0 Å². The molecule has 128 valence electrons. The van der Waals surface area contributed by atoms with E-state index >= 15 is 0 Å². The first kappa shape index (κ1) is 18.0. The number of rotatable bonds is 8. The van der Waals surface area contributed by atoms with E-state index in [1.54, 1.807) is 0 Å². The highest BCUT2D eigenvalue weighted by atomic mass is 19.1. The first-order chi connectivity index (χ1) is 11.0. The number of nitrogens with one attached hydrogen (secondary N) is 1. The Morgan fingerprint density at radius 2 is 2.17 bits per heavy atom. The SMILES string of the molecule is CC(C)=CCCC(C)NC[C@@H]1C[C@H](F)CN1Cc1cncnc1. The maximum Gasteiger partial charge on any atom is 0.115 e. The van der Waals surface area contributed by atoms with Crippen molar-refractivity contribution in [2.75, 3.05) is 13.1 Å². The normalized spacial score (nSPS) is 23.0. The summed E-state index contributed by atoms with van der Waals surface area (Å²) in [6.45, 7) is 8.53. The van der Waals surface area contributed by atoms with E-state index in [0.717, 1.165) is 31.5 Å². The van der Waals surface area contributed by atoms with Gasteiger partial charge in [-0.2, -0.15) is 0 Å². The third kappa shape index (κ3) is 6.36. The van der Waals surface area contributed by atoms with Gasteiger partial charge in [0.25, 0.3) is 0 Å². The van der Waals surface area contributed by atoms with Crippen LogP contribution in [0.4, 0.5) is 4.39 Å². The van der Waals surface area contributed by atoms with Crippen molar-refractivity contribution in [1.29, 1.82) is 0 Å². The van der Waals surface area contributed by atoms with Crippen molar-refractivity contribution in [3.05, 3.63) is 35.9 Å². The largest absolute Gasteiger partial charge is 0.313 e. The Morgan fingerprint density at radius 3 is 2.87 bits per heavy atom. The van der Waals surface area contributed by atoms with Gasteiger partial charge in [0.05, 0.1) is 0 Å². The van der Waals surface area contributed by atoms with Crippen LogP contribution in [0.15, 0.2) is 30.4 Å². The van der Waals surface area contributed by atoms with Crippen molar-refractivity contribution >= 4 is 0 Å². The van der Waals surface area contributed by atoms with E-state index in [0.29, 0.717) is 19.0 Å². The van der Waals surface area contributed by atoms with Gasteiger partial charge in [-0.1, -0.05) is 11.6 Å². The molecule has 1 unspecified atom stereocenters. The van der Waals surface area contributed by atoms with Crippen LogP contribution in [0, 0.1) is 0 Å². The summed E-state index contributed by atoms with van der Waals surface area (Å²) in [5.74, 6) is 0. The van der Waals surface area contributed by atoms with Crippen molar-refractivity contribution in [2.24, 2.45) is 0 Å². The zero-order chi connectivity index (χ0) is 16.7. The van der Waals surface area contributed by atoms with Crippen LogP contribution in [0.5, 0.6) is 0 Å². The fourth-order valence-corrected chi connectivity index (χ4v) is 3.04. The van der Waals surface area contributed by atoms with E-state index in [9.17, 15) is 4.39 Å². The third-order valence-corrected chi connectivity index (χ3v) is 4.33. The fourth-order valence-electron chi connectivity index (χ4n) is 3.04. The predicted octanol–water partition coefficient (Wildman–Crippen LogP) is 3.11. The summed E-state index contributed by atoms with van der Waals surface area (Å²) in [6, 6.07) is 0.697. The molecule has 2 heterocycles. The van der Waals surface area contributed by atoms with Crippen LogP contribution in [0.25, 0.3) is 0 Å². The molecule has 0 bridgehead atoms. The molecule has 0 spiro atoms. The third-order valence-electron chi connectivity index (χ3n) is 4.33. The minimum Gasteiger partial charge on any atom is -0.313 e. The Labute approximate surface area is 139 Å². The van der Waals surface area contributed by atoms with Crippen LogP contribution in [0.2, 0.25) is 0 Å². The van der Waals surface area contributed by atoms with Crippen molar-refractivity contribution in [2.45, 2.75) is 64.8 Å². The number of hydrogen-bond donors (Lipinski definition) is 1. The summed E-state index contributed by atoms with van der Waals surface area (Å²) in [6.07, 6.45) is 9.51. The van der Waals surface area contributed by atoms with Gasteiger partial charge in [-0.25, -0.2) is 14.4 Å². The molecule has 0 radical (unpaired) electrons. The number of likely N-dealkylation sites (tertiary alicyclic amines) is 1.